The number of benzene rings is 1. The number of phenolic OH excluding ortho intramolecular Hbond substituents is 1. The first-order chi connectivity index (χ1) is 9.17. The number of hydrogen-bond donors (Lipinski definition) is 1. The minimum atomic E-state index is 0. The van der Waals surface area contributed by atoms with Crippen LogP contribution in [0.1, 0.15) is 62.5 Å². The Labute approximate surface area is 128 Å². The monoisotopic (exact) mass is 292 g/mol. The van der Waals surface area contributed by atoms with Gasteiger partial charge in [0.05, 0.1) is 0 Å². The quantitative estimate of drug-likeness (QED) is 0.708. The lowest BCUT2D eigenvalue weighted by Gasteiger charge is -2.49. The van der Waals surface area contributed by atoms with Crippen molar-refractivity contribution >= 4 is 12.4 Å². The number of hydrogen-bond acceptors (Lipinski definition) is 1. The van der Waals surface area contributed by atoms with Crippen molar-refractivity contribution in [1.82, 2.24) is 0 Å². The fourth-order valence-electron chi connectivity index (χ4n) is 5.56. The van der Waals surface area contributed by atoms with Crippen molar-refractivity contribution in [3.8, 4) is 5.75 Å². The molecular weight excluding hydrogens is 268 g/mol. The molecule has 1 aromatic carbocycles. The highest BCUT2D eigenvalue weighted by Gasteiger charge is 2.50. The summed E-state index contributed by atoms with van der Waals surface area (Å²) in [6, 6.07) is 6.11. The van der Waals surface area contributed by atoms with Crippen LogP contribution in [0.5, 0.6) is 5.75 Å². The molecule has 1 N–H and O–H groups in total. The van der Waals surface area contributed by atoms with Gasteiger partial charge in [-0.15, -0.1) is 12.4 Å². The highest BCUT2D eigenvalue weighted by molar-refractivity contribution is 5.85. The summed E-state index contributed by atoms with van der Waals surface area (Å²) in [6.07, 6.45) is 9.69. The van der Waals surface area contributed by atoms with Crippen LogP contribution in [0.25, 0.3) is 0 Å². The second-order valence-electron chi connectivity index (χ2n) is 7.38. The van der Waals surface area contributed by atoms with E-state index in [9.17, 15) is 5.11 Å². The molecule has 0 saturated heterocycles. The standard InChI is InChI=1S/C18H24O.ClH/c1-18-9-2-3-17(18)16-6-4-12-11-13(19)5-7-14(12)15(16)8-10-18;/h5,7,11,15-17,19H,2-4,6,8-10H2,1H3;1H/t15-,16-,17+,18+;/m1./s1. The first-order valence-corrected chi connectivity index (χ1v) is 7.99. The summed E-state index contributed by atoms with van der Waals surface area (Å²) >= 11 is 0. The Morgan fingerprint density at radius 1 is 1.15 bits per heavy atom. The molecule has 0 aromatic heterocycles. The Morgan fingerprint density at radius 3 is 2.85 bits per heavy atom. The minimum Gasteiger partial charge on any atom is -0.508 e. The average molecular weight is 293 g/mol. The second-order valence-corrected chi connectivity index (χ2v) is 7.38. The van der Waals surface area contributed by atoms with Gasteiger partial charge in [-0.05, 0) is 85.0 Å². The predicted molar refractivity (Wildman–Crippen MR) is 84.6 cm³/mol. The van der Waals surface area contributed by atoms with Gasteiger partial charge in [0.2, 0.25) is 0 Å². The summed E-state index contributed by atoms with van der Waals surface area (Å²) in [7, 11) is 0. The van der Waals surface area contributed by atoms with Crippen LogP contribution in [0.15, 0.2) is 18.2 Å². The van der Waals surface area contributed by atoms with Gasteiger partial charge in [0.15, 0.2) is 0 Å². The van der Waals surface area contributed by atoms with Crippen LogP contribution in [0.2, 0.25) is 0 Å². The summed E-state index contributed by atoms with van der Waals surface area (Å²) in [5, 5.41) is 9.68. The van der Waals surface area contributed by atoms with Crippen molar-refractivity contribution in [2.24, 2.45) is 17.3 Å². The second kappa shape index (κ2) is 4.94. The van der Waals surface area contributed by atoms with E-state index in [0.717, 1.165) is 17.8 Å². The van der Waals surface area contributed by atoms with Gasteiger partial charge in [-0.1, -0.05) is 19.4 Å². The average Bonchev–Trinajstić information content (AvgIpc) is 2.79. The van der Waals surface area contributed by atoms with Crippen LogP contribution in [-0.2, 0) is 6.42 Å². The number of phenols is 1. The molecule has 3 aliphatic carbocycles. The van der Waals surface area contributed by atoms with Gasteiger partial charge < -0.3 is 5.11 Å². The Morgan fingerprint density at radius 2 is 2.00 bits per heavy atom. The molecule has 20 heavy (non-hydrogen) atoms. The van der Waals surface area contributed by atoms with Crippen molar-refractivity contribution < 1.29 is 5.11 Å². The molecule has 2 heteroatoms. The maximum atomic E-state index is 9.68. The lowest BCUT2D eigenvalue weighted by atomic mass is 9.56. The molecule has 0 unspecified atom stereocenters. The smallest absolute Gasteiger partial charge is 0.115 e. The van der Waals surface area contributed by atoms with E-state index >= 15 is 0 Å². The molecular formula is C18H25ClO. The van der Waals surface area contributed by atoms with E-state index in [2.05, 4.69) is 13.0 Å². The number of halogens is 1. The van der Waals surface area contributed by atoms with Crippen LogP contribution >= 0.6 is 12.4 Å². The van der Waals surface area contributed by atoms with E-state index in [1.165, 1.54) is 50.5 Å². The van der Waals surface area contributed by atoms with Crippen LogP contribution in [0, 0.1) is 17.3 Å². The van der Waals surface area contributed by atoms with Crippen LogP contribution in [0.4, 0.5) is 0 Å². The lowest BCUT2D eigenvalue weighted by Crippen LogP contribution is -2.39. The fourth-order valence-corrected chi connectivity index (χ4v) is 5.56. The first-order valence-electron chi connectivity index (χ1n) is 7.99. The van der Waals surface area contributed by atoms with E-state index in [0.29, 0.717) is 11.2 Å². The molecule has 0 spiro atoms. The Hall–Kier alpha value is -0.690. The van der Waals surface area contributed by atoms with E-state index in [1.807, 2.05) is 12.1 Å². The molecule has 4 rings (SSSR count). The van der Waals surface area contributed by atoms with Gasteiger partial charge in [-0.2, -0.15) is 0 Å². The molecule has 0 aliphatic heterocycles. The molecule has 1 aromatic rings. The molecule has 2 saturated carbocycles. The third-order valence-electron chi connectivity index (χ3n) is 6.49. The van der Waals surface area contributed by atoms with Gasteiger partial charge in [-0.3, -0.25) is 0 Å². The zero-order valence-electron chi connectivity index (χ0n) is 12.3. The van der Waals surface area contributed by atoms with Crippen molar-refractivity contribution in [2.45, 2.75) is 57.8 Å². The summed E-state index contributed by atoms with van der Waals surface area (Å²) in [5.74, 6) is 3.10. The number of fused-ring (bicyclic) bond motifs is 5. The van der Waals surface area contributed by atoms with Crippen molar-refractivity contribution in [3.05, 3.63) is 29.3 Å². The van der Waals surface area contributed by atoms with Gasteiger partial charge in [0.25, 0.3) is 0 Å². The summed E-state index contributed by atoms with van der Waals surface area (Å²) < 4.78 is 0. The lowest BCUT2D eigenvalue weighted by molar-refractivity contribution is 0.0598. The number of rotatable bonds is 0. The Kier molecular flexibility index (Phi) is 3.52. The van der Waals surface area contributed by atoms with Gasteiger partial charge >= 0.3 is 0 Å². The third kappa shape index (κ3) is 1.97. The van der Waals surface area contributed by atoms with Crippen LogP contribution < -0.4 is 0 Å². The van der Waals surface area contributed by atoms with E-state index in [-0.39, 0.29) is 12.4 Å². The highest BCUT2D eigenvalue weighted by Crippen LogP contribution is 2.60. The highest BCUT2D eigenvalue weighted by atomic mass is 35.5. The summed E-state index contributed by atoms with van der Waals surface area (Å²) in [4.78, 5) is 0. The molecule has 0 heterocycles. The van der Waals surface area contributed by atoms with Crippen LogP contribution in [0.3, 0.4) is 0 Å². The topological polar surface area (TPSA) is 20.2 Å². The summed E-state index contributed by atoms with van der Waals surface area (Å²) in [6.45, 7) is 2.55. The maximum absolute atomic E-state index is 9.68. The SMILES string of the molecule is C[C@@]12CCC[C@H]1[C@@H]1CCc3cc(O)ccc3[C@H]1CC2.Cl. The van der Waals surface area contributed by atoms with E-state index < -0.39 is 0 Å². The molecule has 0 amide bonds. The molecule has 0 bridgehead atoms. The van der Waals surface area contributed by atoms with E-state index in [1.54, 1.807) is 5.56 Å². The molecule has 0 radical (unpaired) electrons. The summed E-state index contributed by atoms with van der Waals surface area (Å²) in [5.41, 5.74) is 3.63. The van der Waals surface area contributed by atoms with Crippen molar-refractivity contribution in [1.29, 1.82) is 0 Å². The largest absolute Gasteiger partial charge is 0.508 e. The number of aromatic hydroxyl groups is 1. The molecule has 110 valence electrons. The number of aryl methyl sites for hydroxylation is 1. The third-order valence-corrected chi connectivity index (χ3v) is 6.49. The first kappa shape index (κ1) is 14.3. The maximum Gasteiger partial charge on any atom is 0.115 e. The molecule has 1 nitrogen and oxygen atoms in total. The predicted octanol–water partition coefficient (Wildman–Crippen LogP) is 5.06. The molecule has 2 fully saturated rings. The Balaban J connectivity index is 0.00000121. The zero-order valence-corrected chi connectivity index (χ0v) is 13.1. The normalized spacial score (nSPS) is 38.4. The van der Waals surface area contributed by atoms with Gasteiger partial charge in [0.1, 0.15) is 5.75 Å². The zero-order chi connectivity index (χ0) is 13.0. The van der Waals surface area contributed by atoms with Crippen LogP contribution in [-0.4, -0.2) is 5.11 Å². The molecule has 3 aliphatic rings. The van der Waals surface area contributed by atoms with Gasteiger partial charge in [-0.25, -0.2) is 0 Å². The van der Waals surface area contributed by atoms with Crippen molar-refractivity contribution in [2.75, 3.05) is 0 Å². The van der Waals surface area contributed by atoms with Gasteiger partial charge in [0, 0.05) is 0 Å². The Bertz CT molecular complexity index is 512. The minimum absolute atomic E-state index is 0. The molecule has 4 atom stereocenters. The fraction of sp³-hybridized carbons (Fsp3) is 0.667. The van der Waals surface area contributed by atoms with Crippen molar-refractivity contribution in [3.63, 3.8) is 0 Å². The van der Waals surface area contributed by atoms with E-state index in [4.69, 9.17) is 0 Å².